The molecule has 2 amide bonds. The fourth-order valence-electron chi connectivity index (χ4n) is 5.57. The van der Waals surface area contributed by atoms with Crippen molar-refractivity contribution in [2.24, 2.45) is 0 Å². The van der Waals surface area contributed by atoms with Gasteiger partial charge in [-0.25, -0.2) is 14.5 Å². The van der Waals surface area contributed by atoms with Gasteiger partial charge in [-0.05, 0) is 65.5 Å². The van der Waals surface area contributed by atoms with Crippen LogP contribution in [0.1, 0.15) is 74.8 Å². The minimum Gasteiger partial charge on any atom is -0.444 e. The Balaban J connectivity index is 1.55. The van der Waals surface area contributed by atoms with Crippen LogP contribution < -0.4 is 0 Å². The van der Waals surface area contributed by atoms with Crippen LogP contribution in [-0.2, 0) is 15.0 Å². The number of rotatable bonds is 3. The van der Waals surface area contributed by atoms with Crippen molar-refractivity contribution in [1.29, 1.82) is 0 Å². The third kappa shape index (κ3) is 5.34. The number of fused-ring (bicyclic) bond motifs is 1. The Hall–Kier alpha value is -3.17. The molecule has 0 bridgehead atoms. The van der Waals surface area contributed by atoms with Crippen molar-refractivity contribution < 1.29 is 19.1 Å². The molecule has 10 heteroatoms. The van der Waals surface area contributed by atoms with Crippen molar-refractivity contribution in [3.05, 3.63) is 58.4 Å². The van der Waals surface area contributed by atoms with Crippen LogP contribution in [0.4, 0.5) is 4.79 Å². The molecule has 3 aromatic rings. The molecule has 2 aromatic heterocycles. The average Bonchev–Trinajstić information content (AvgIpc) is 3.23. The Labute approximate surface area is 234 Å². The molecule has 0 radical (unpaired) electrons. The van der Waals surface area contributed by atoms with E-state index in [2.05, 4.69) is 4.98 Å². The number of benzene rings is 1. The smallest absolute Gasteiger partial charge is 0.410 e. The highest BCUT2D eigenvalue weighted by molar-refractivity contribution is 6.30. The lowest BCUT2D eigenvalue weighted by Gasteiger charge is -2.49. The van der Waals surface area contributed by atoms with E-state index in [0.29, 0.717) is 42.0 Å². The van der Waals surface area contributed by atoms with Crippen molar-refractivity contribution in [3.63, 3.8) is 0 Å². The Bertz CT molecular complexity index is 1380. The monoisotopic (exact) mass is 553 g/mol. The first kappa shape index (κ1) is 27.4. The van der Waals surface area contributed by atoms with Crippen molar-refractivity contribution in [3.8, 4) is 0 Å². The molecule has 39 heavy (non-hydrogen) atoms. The molecule has 2 aliphatic heterocycles. The number of piperazine rings is 1. The molecular weight excluding hydrogens is 518 g/mol. The van der Waals surface area contributed by atoms with E-state index in [1.165, 1.54) is 0 Å². The van der Waals surface area contributed by atoms with Crippen LogP contribution in [0.3, 0.4) is 0 Å². The lowest BCUT2D eigenvalue weighted by Crippen LogP contribution is -2.62. The van der Waals surface area contributed by atoms with Gasteiger partial charge in [-0.2, -0.15) is 5.10 Å². The molecule has 208 valence electrons. The first-order chi connectivity index (χ1) is 18.5. The molecule has 0 saturated carbocycles. The number of aromatic nitrogens is 3. The summed E-state index contributed by atoms with van der Waals surface area (Å²) in [6, 6.07) is 11.4. The molecule has 4 heterocycles. The molecule has 2 fully saturated rings. The van der Waals surface area contributed by atoms with Crippen LogP contribution in [0.25, 0.3) is 11.0 Å². The van der Waals surface area contributed by atoms with Gasteiger partial charge in [0.25, 0.3) is 5.91 Å². The van der Waals surface area contributed by atoms with Crippen LogP contribution in [0.5, 0.6) is 0 Å². The van der Waals surface area contributed by atoms with Crippen LogP contribution in [0, 0.1) is 6.92 Å². The van der Waals surface area contributed by atoms with Gasteiger partial charge in [-0.1, -0.05) is 41.9 Å². The predicted molar refractivity (Wildman–Crippen MR) is 149 cm³/mol. The second-order valence-corrected chi connectivity index (χ2v) is 11.9. The van der Waals surface area contributed by atoms with Gasteiger partial charge in [0.1, 0.15) is 10.8 Å². The quantitative estimate of drug-likeness (QED) is 0.386. The van der Waals surface area contributed by atoms with Crippen molar-refractivity contribution in [2.75, 3.05) is 26.2 Å². The summed E-state index contributed by atoms with van der Waals surface area (Å²) in [4.78, 5) is 35.6. The number of carbonyl (C=O) groups is 2. The molecule has 2 aliphatic rings. The molecule has 0 N–H and O–H groups in total. The van der Waals surface area contributed by atoms with Crippen LogP contribution in [0.15, 0.2) is 36.4 Å². The maximum Gasteiger partial charge on any atom is 0.410 e. The Morgan fingerprint density at radius 1 is 1.15 bits per heavy atom. The third-order valence-corrected chi connectivity index (χ3v) is 7.64. The third-order valence-electron chi connectivity index (χ3n) is 7.45. The van der Waals surface area contributed by atoms with Crippen LogP contribution in [-0.4, -0.2) is 68.4 Å². The SMILES string of the molecule is Cc1nn(C2CCCCO2)c2nc(Cl)cc(C(=O)N3CCN(C(=O)OC(C)(C)C)CC3(C)c3ccccc3)c12. The maximum absolute atomic E-state index is 14.4. The van der Waals surface area contributed by atoms with Gasteiger partial charge in [0.15, 0.2) is 11.9 Å². The van der Waals surface area contributed by atoms with Crippen molar-refractivity contribution in [1.82, 2.24) is 24.6 Å². The molecule has 9 nitrogen and oxygen atoms in total. The summed E-state index contributed by atoms with van der Waals surface area (Å²) in [6.45, 7) is 11.0. The summed E-state index contributed by atoms with van der Waals surface area (Å²) >= 11 is 6.51. The van der Waals surface area contributed by atoms with Crippen molar-refractivity contribution in [2.45, 2.75) is 71.2 Å². The van der Waals surface area contributed by atoms with Gasteiger partial charge < -0.3 is 19.3 Å². The topological polar surface area (TPSA) is 89.8 Å². The average molecular weight is 554 g/mol. The summed E-state index contributed by atoms with van der Waals surface area (Å²) in [6.07, 6.45) is 2.24. The Morgan fingerprint density at radius 3 is 2.56 bits per heavy atom. The summed E-state index contributed by atoms with van der Waals surface area (Å²) in [5.41, 5.74) is 1.17. The van der Waals surface area contributed by atoms with Crippen molar-refractivity contribution >= 4 is 34.6 Å². The first-order valence-corrected chi connectivity index (χ1v) is 13.9. The van der Waals surface area contributed by atoms with Gasteiger partial charge in [0, 0.05) is 19.7 Å². The lowest BCUT2D eigenvalue weighted by molar-refractivity contribution is -0.0371. The van der Waals surface area contributed by atoms with Gasteiger partial charge >= 0.3 is 6.09 Å². The second kappa shape index (κ2) is 10.4. The number of ether oxygens (including phenoxy) is 2. The van der Waals surface area contributed by atoms with Gasteiger partial charge in [-0.3, -0.25) is 4.79 Å². The van der Waals surface area contributed by atoms with Gasteiger partial charge in [-0.15, -0.1) is 0 Å². The zero-order valence-electron chi connectivity index (χ0n) is 23.2. The minimum absolute atomic E-state index is 0.188. The summed E-state index contributed by atoms with van der Waals surface area (Å²) in [5, 5.41) is 5.63. The van der Waals surface area contributed by atoms with Gasteiger partial charge in [0.05, 0.1) is 28.7 Å². The number of aryl methyl sites for hydroxylation is 1. The molecule has 2 unspecified atom stereocenters. The molecule has 2 saturated heterocycles. The maximum atomic E-state index is 14.4. The Kier molecular flexibility index (Phi) is 7.33. The highest BCUT2D eigenvalue weighted by Crippen LogP contribution is 2.37. The molecule has 2 atom stereocenters. The molecular formula is C29H36ClN5O4. The van der Waals surface area contributed by atoms with Gasteiger partial charge in [0.2, 0.25) is 0 Å². The van der Waals surface area contributed by atoms with Crippen LogP contribution >= 0.6 is 11.6 Å². The fraction of sp³-hybridized carbons (Fsp3) is 0.517. The zero-order chi connectivity index (χ0) is 27.9. The van der Waals surface area contributed by atoms with E-state index in [4.69, 9.17) is 26.2 Å². The summed E-state index contributed by atoms with van der Waals surface area (Å²) < 4.78 is 13.4. The molecule has 0 aliphatic carbocycles. The summed E-state index contributed by atoms with van der Waals surface area (Å²) in [7, 11) is 0. The number of nitrogens with zero attached hydrogens (tertiary/aromatic N) is 5. The van der Waals surface area contributed by atoms with E-state index in [-0.39, 0.29) is 23.8 Å². The Morgan fingerprint density at radius 2 is 1.90 bits per heavy atom. The predicted octanol–water partition coefficient (Wildman–Crippen LogP) is 5.70. The number of pyridine rings is 1. The van der Waals surface area contributed by atoms with E-state index in [9.17, 15) is 9.59 Å². The number of carbonyl (C=O) groups excluding carboxylic acids is 2. The van der Waals surface area contributed by atoms with E-state index in [1.54, 1.807) is 15.6 Å². The van der Waals surface area contributed by atoms with E-state index in [1.807, 2.05) is 69.9 Å². The number of halogens is 1. The lowest BCUT2D eigenvalue weighted by atomic mass is 9.86. The first-order valence-electron chi connectivity index (χ1n) is 13.5. The number of hydrogen-bond acceptors (Lipinski definition) is 6. The molecule has 0 spiro atoms. The fourth-order valence-corrected chi connectivity index (χ4v) is 5.76. The highest BCUT2D eigenvalue weighted by atomic mass is 35.5. The largest absolute Gasteiger partial charge is 0.444 e. The zero-order valence-corrected chi connectivity index (χ0v) is 24.0. The van der Waals surface area contributed by atoms with E-state index < -0.39 is 17.2 Å². The number of amides is 2. The standard InChI is InChI=1S/C29H36ClN5O4/c1-19-24-21(17-22(30)31-25(24)35(32-19)23-13-9-10-16-38-23)26(36)34-15-14-33(27(37)39-28(2,3)4)18-29(34,5)20-11-7-6-8-12-20/h6-8,11-12,17,23H,9-10,13-16,18H2,1-5H3. The number of hydrogen-bond donors (Lipinski definition) is 0. The minimum atomic E-state index is -0.814. The normalized spacial score (nSPS) is 22.3. The van der Waals surface area contributed by atoms with E-state index in [0.717, 1.165) is 24.8 Å². The summed E-state index contributed by atoms with van der Waals surface area (Å²) in [5.74, 6) is -0.188. The van der Waals surface area contributed by atoms with Crippen LogP contribution in [0.2, 0.25) is 5.15 Å². The van der Waals surface area contributed by atoms with E-state index >= 15 is 0 Å². The highest BCUT2D eigenvalue weighted by Gasteiger charge is 2.45. The molecule has 5 rings (SSSR count). The second-order valence-electron chi connectivity index (χ2n) is 11.5. The molecule has 1 aromatic carbocycles.